The fourth-order valence-electron chi connectivity index (χ4n) is 0.609. The van der Waals surface area contributed by atoms with Crippen molar-refractivity contribution in [1.82, 2.24) is 10.9 Å². The number of rotatable bonds is 4. The highest BCUT2D eigenvalue weighted by Crippen LogP contribution is 2.05. The molecule has 0 aliphatic carbocycles. The molecule has 0 saturated heterocycles. The number of aliphatic hydroxyl groups is 2. The first-order valence-corrected chi connectivity index (χ1v) is 4.36. The molecule has 0 aliphatic rings. The molecule has 4 N–H and O–H groups in total. The normalized spacial score (nSPS) is 13.5. The van der Waals surface area contributed by atoms with Gasteiger partial charge in [0.25, 0.3) is 0 Å². The van der Waals surface area contributed by atoms with E-state index in [9.17, 15) is 4.79 Å². The Hall–Kier alpha value is -0.850. The number of amides is 1. The third kappa shape index (κ3) is 7.78. The Morgan fingerprint density at radius 2 is 2.07 bits per heavy atom. The summed E-state index contributed by atoms with van der Waals surface area (Å²) in [4.78, 5) is 11.0. The highest BCUT2D eigenvalue weighted by molar-refractivity contribution is 5.66. The van der Waals surface area contributed by atoms with Crippen LogP contribution in [0, 0.1) is 0 Å². The molecule has 0 fully saturated rings. The van der Waals surface area contributed by atoms with Crippen LogP contribution in [0.25, 0.3) is 0 Å². The van der Waals surface area contributed by atoms with Gasteiger partial charge >= 0.3 is 6.09 Å². The molecule has 1 amide bonds. The first-order chi connectivity index (χ1) is 6.35. The van der Waals surface area contributed by atoms with Crippen LogP contribution in [-0.2, 0) is 4.74 Å². The average molecular weight is 206 g/mol. The highest BCUT2D eigenvalue weighted by atomic mass is 16.6. The van der Waals surface area contributed by atoms with Crippen molar-refractivity contribution in [3.05, 3.63) is 0 Å². The molecule has 0 rings (SSSR count). The van der Waals surface area contributed by atoms with Gasteiger partial charge in [0, 0.05) is 6.54 Å². The number of ether oxygens (including phenoxy) is 1. The van der Waals surface area contributed by atoms with E-state index in [2.05, 4.69) is 10.9 Å². The maximum Gasteiger partial charge on any atom is 0.422 e. The summed E-state index contributed by atoms with van der Waals surface area (Å²) in [6.07, 6.45) is -1.52. The maximum atomic E-state index is 11.0. The maximum absolute atomic E-state index is 11.0. The van der Waals surface area contributed by atoms with Gasteiger partial charge in [-0.05, 0) is 20.8 Å². The summed E-state index contributed by atoms with van der Waals surface area (Å²) in [7, 11) is 0. The second-order valence-corrected chi connectivity index (χ2v) is 3.84. The molecule has 6 heteroatoms. The molecule has 0 aromatic rings. The Bertz CT molecular complexity index is 179. The van der Waals surface area contributed by atoms with Crippen LogP contribution in [-0.4, -0.2) is 41.2 Å². The largest absolute Gasteiger partial charge is 0.443 e. The first kappa shape index (κ1) is 13.2. The minimum absolute atomic E-state index is 0.0652. The zero-order chi connectivity index (χ0) is 11.2. The summed E-state index contributed by atoms with van der Waals surface area (Å²) in [6, 6.07) is 0. The zero-order valence-electron chi connectivity index (χ0n) is 8.70. The fraction of sp³-hybridized carbons (Fsp3) is 0.875. The molecule has 0 bridgehead atoms. The SMILES string of the molecule is CC(C)(C)OC(=O)NNCC(O)CO. The number of carbonyl (C=O) groups excluding carboxylic acids is 1. The fourth-order valence-corrected chi connectivity index (χ4v) is 0.609. The molecule has 0 spiro atoms. The van der Waals surface area contributed by atoms with Gasteiger partial charge < -0.3 is 14.9 Å². The van der Waals surface area contributed by atoms with Crippen molar-refractivity contribution >= 4 is 6.09 Å². The summed E-state index contributed by atoms with van der Waals surface area (Å²) >= 11 is 0. The predicted molar refractivity (Wildman–Crippen MR) is 50.5 cm³/mol. The summed E-state index contributed by atoms with van der Waals surface area (Å²) in [5.74, 6) is 0. The Labute approximate surface area is 83.2 Å². The molecule has 0 heterocycles. The van der Waals surface area contributed by atoms with E-state index in [0.29, 0.717) is 0 Å². The number of hydrazine groups is 1. The van der Waals surface area contributed by atoms with Gasteiger partial charge in [0.05, 0.1) is 12.7 Å². The Kier molecular flexibility index (Phi) is 5.44. The third-order valence-electron chi connectivity index (χ3n) is 1.14. The number of hydrogen-bond donors (Lipinski definition) is 4. The second-order valence-electron chi connectivity index (χ2n) is 3.84. The predicted octanol–water partition coefficient (Wildman–Crippen LogP) is -0.631. The van der Waals surface area contributed by atoms with Crippen LogP contribution in [0.5, 0.6) is 0 Å². The van der Waals surface area contributed by atoms with Gasteiger partial charge in [0.15, 0.2) is 0 Å². The second kappa shape index (κ2) is 5.79. The lowest BCUT2D eigenvalue weighted by molar-refractivity contribution is 0.0463. The molecule has 0 radical (unpaired) electrons. The lowest BCUT2D eigenvalue weighted by Gasteiger charge is -2.20. The monoisotopic (exact) mass is 206 g/mol. The van der Waals surface area contributed by atoms with E-state index >= 15 is 0 Å². The minimum atomic E-state index is -0.898. The average Bonchev–Trinajstić information content (AvgIpc) is 2.00. The van der Waals surface area contributed by atoms with Crippen molar-refractivity contribution in [3.8, 4) is 0 Å². The molecule has 14 heavy (non-hydrogen) atoms. The van der Waals surface area contributed by atoms with Gasteiger partial charge in [-0.25, -0.2) is 10.2 Å². The van der Waals surface area contributed by atoms with E-state index in [1.54, 1.807) is 20.8 Å². The molecule has 1 unspecified atom stereocenters. The quantitative estimate of drug-likeness (QED) is 0.460. The van der Waals surface area contributed by atoms with Gasteiger partial charge in [-0.2, -0.15) is 0 Å². The standard InChI is InChI=1S/C8H18N2O4/c1-8(2,3)14-7(13)10-9-4-6(12)5-11/h6,9,11-12H,4-5H2,1-3H3,(H,10,13). The lowest BCUT2D eigenvalue weighted by atomic mass is 10.2. The Morgan fingerprint density at radius 3 is 2.50 bits per heavy atom. The van der Waals surface area contributed by atoms with Crippen LogP contribution in [0.4, 0.5) is 4.79 Å². The van der Waals surface area contributed by atoms with Crippen molar-refractivity contribution < 1.29 is 19.7 Å². The topological polar surface area (TPSA) is 90.8 Å². The van der Waals surface area contributed by atoms with Gasteiger partial charge in [-0.15, -0.1) is 0 Å². The van der Waals surface area contributed by atoms with Gasteiger partial charge in [-0.1, -0.05) is 0 Å². The van der Waals surface area contributed by atoms with E-state index in [4.69, 9.17) is 14.9 Å². The van der Waals surface area contributed by atoms with Crippen LogP contribution in [0.15, 0.2) is 0 Å². The number of carbonyl (C=O) groups is 1. The summed E-state index contributed by atoms with van der Waals surface area (Å²) in [5.41, 5.74) is 4.09. The lowest BCUT2D eigenvalue weighted by Crippen LogP contribution is -2.44. The van der Waals surface area contributed by atoms with Crippen LogP contribution in [0.3, 0.4) is 0 Å². The van der Waals surface area contributed by atoms with Crippen molar-refractivity contribution in [1.29, 1.82) is 0 Å². The highest BCUT2D eigenvalue weighted by Gasteiger charge is 2.15. The van der Waals surface area contributed by atoms with Gasteiger partial charge in [-0.3, -0.25) is 5.43 Å². The van der Waals surface area contributed by atoms with E-state index in [0.717, 1.165) is 0 Å². The Balaban J connectivity index is 3.55. The van der Waals surface area contributed by atoms with Crippen LogP contribution < -0.4 is 10.9 Å². The van der Waals surface area contributed by atoms with E-state index in [1.165, 1.54) is 0 Å². The Morgan fingerprint density at radius 1 is 1.50 bits per heavy atom. The van der Waals surface area contributed by atoms with Gasteiger partial charge in [0.2, 0.25) is 0 Å². The van der Waals surface area contributed by atoms with Crippen molar-refractivity contribution in [2.75, 3.05) is 13.2 Å². The first-order valence-electron chi connectivity index (χ1n) is 4.36. The molecule has 84 valence electrons. The summed E-state index contributed by atoms with van der Waals surface area (Å²) in [6.45, 7) is 4.94. The molecule has 0 aliphatic heterocycles. The third-order valence-corrected chi connectivity index (χ3v) is 1.14. The van der Waals surface area contributed by atoms with Crippen molar-refractivity contribution in [2.45, 2.75) is 32.5 Å². The molecule has 0 aromatic carbocycles. The molecule has 6 nitrogen and oxygen atoms in total. The van der Waals surface area contributed by atoms with Crippen LogP contribution in [0.1, 0.15) is 20.8 Å². The van der Waals surface area contributed by atoms with Crippen LogP contribution in [0.2, 0.25) is 0 Å². The molecule has 0 aromatic heterocycles. The zero-order valence-corrected chi connectivity index (χ0v) is 8.70. The molecular weight excluding hydrogens is 188 g/mol. The van der Waals surface area contributed by atoms with Gasteiger partial charge in [0.1, 0.15) is 5.60 Å². The van der Waals surface area contributed by atoms with Crippen LogP contribution >= 0.6 is 0 Å². The van der Waals surface area contributed by atoms with Crippen molar-refractivity contribution in [2.24, 2.45) is 0 Å². The molecule has 0 saturated carbocycles. The summed E-state index contributed by atoms with van der Waals surface area (Å²) < 4.78 is 4.90. The number of nitrogens with one attached hydrogen (secondary N) is 2. The minimum Gasteiger partial charge on any atom is -0.443 e. The molecular formula is C8H18N2O4. The number of hydrogen-bond acceptors (Lipinski definition) is 5. The van der Waals surface area contributed by atoms with E-state index in [1.807, 2.05) is 0 Å². The summed E-state index contributed by atoms with van der Waals surface area (Å²) in [5, 5.41) is 17.4. The smallest absolute Gasteiger partial charge is 0.422 e. The number of aliphatic hydroxyl groups excluding tert-OH is 2. The molecule has 1 atom stereocenters. The van der Waals surface area contributed by atoms with E-state index in [-0.39, 0.29) is 13.2 Å². The van der Waals surface area contributed by atoms with E-state index < -0.39 is 17.8 Å². The van der Waals surface area contributed by atoms with Crippen molar-refractivity contribution in [3.63, 3.8) is 0 Å².